The molecule has 0 aromatic carbocycles. The molecular weight excluding hydrogens is 328 g/mol. The first kappa shape index (κ1) is 31.2. The molecule has 0 aliphatic carbocycles. The van der Waals surface area contributed by atoms with Crippen LogP contribution in [-0.4, -0.2) is 29.4 Å². The van der Waals surface area contributed by atoms with Crippen molar-refractivity contribution >= 4 is 20.6 Å². The van der Waals surface area contributed by atoms with E-state index in [4.69, 9.17) is 0 Å². The quantitative estimate of drug-likeness (QED) is 0.465. The normalized spacial score (nSPS) is 9.70. The minimum absolute atomic E-state index is 0.104. The first-order valence-electron chi connectivity index (χ1n) is 8.97. The van der Waals surface area contributed by atoms with E-state index in [0.717, 1.165) is 38.5 Å². The van der Waals surface area contributed by atoms with Crippen molar-refractivity contribution in [2.45, 2.75) is 80.1 Å². The van der Waals surface area contributed by atoms with Crippen LogP contribution in [0.4, 0.5) is 0 Å². The summed E-state index contributed by atoms with van der Waals surface area (Å²) < 4.78 is 0. The Hall–Kier alpha value is 0.387. The molecule has 0 saturated heterocycles. The van der Waals surface area contributed by atoms with Gasteiger partial charge in [-0.05, 0) is 0 Å². The molecule has 0 aliphatic heterocycles. The van der Waals surface area contributed by atoms with Crippen LogP contribution in [0.5, 0.6) is 0 Å². The van der Waals surface area contributed by atoms with Gasteiger partial charge in [-0.2, -0.15) is 0 Å². The summed E-state index contributed by atoms with van der Waals surface area (Å²) >= 11 is 4.44. The molecule has 0 radical (unpaired) electrons. The summed E-state index contributed by atoms with van der Waals surface area (Å²) in [5.74, 6) is 1.29. The van der Waals surface area contributed by atoms with Crippen molar-refractivity contribution in [3.05, 3.63) is 0 Å². The van der Waals surface area contributed by atoms with Gasteiger partial charge in [0.15, 0.2) is 0 Å². The van der Waals surface area contributed by atoms with Crippen LogP contribution in [0.2, 0.25) is 0 Å². The van der Waals surface area contributed by atoms with Crippen LogP contribution in [0.3, 0.4) is 0 Å². The number of hydrogen-bond acceptors (Lipinski definition) is 3. The Morgan fingerprint density at radius 2 is 0.652 bits per heavy atom. The van der Waals surface area contributed by atoms with E-state index in [1.165, 1.54) is 0 Å². The summed E-state index contributed by atoms with van der Waals surface area (Å²) in [6.45, 7) is 12.7. The molecule has 0 aromatic rings. The molecule has 0 N–H and O–H groups in total. The van der Waals surface area contributed by atoms with Crippen molar-refractivity contribution in [2.75, 3.05) is 19.8 Å². The average Bonchev–Trinajstić information content (AvgIpc) is 2.62. The Bertz CT molecular complexity index is 117. The van der Waals surface area contributed by atoms with Gasteiger partial charge in [-0.15, -0.1) is 19.8 Å². The SMILES string of the molecule is CCC(CC)C[O-].CCC(CC)C[O-].CCC(CC)C[O-].[Si+3]Cl. The van der Waals surface area contributed by atoms with Crippen LogP contribution in [0.1, 0.15) is 80.1 Å². The van der Waals surface area contributed by atoms with Crippen LogP contribution in [0.25, 0.3) is 0 Å². The Kier molecular flexibility index (Phi) is 41.1. The van der Waals surface area contributed by atoms with Gasteiger partial charge < -0.3 is 15.3 Å². The minimum atomic E-state index is 0.104. The van der Waals surface area contributed by atoms with Crippen LogP contribution in [0.15, 0.2) is 0 Å². The van der Waals surface area contributed by atoms with E-state index in [9.17, 15) is 15.3 Å². The van der Waals surface area contributed by atoms with Crippen LogP contribution in [0, 0.1) is 17.8 Å². The maximum absolute atomic E-state index is 10.1. The topological polar surface area (TPSA) is 69.2 Å². The molecule has 0 atom stereocenters. The zero-order valence-electron chi connectivity index (χ0n) is 16.2. The first-order chi connectivity index (χ1) is 11.0. The van der Waals surface area contributed by atoms with E-state index < -0.39 is 0 Å². The molecule has 0 saturated carbocycles. The summed E-state index contributed by atoms with van der Waals surface area (Å²) in [4.78, 5) is 0. The summed E-state index contributed by atoms with van der Waals surface area (Å²) in [6.07, 6.45) is 6.25. The molecule has 23 heavy (non-hydrogen) atoms. The van der Waals surface area contributed by atoms with Gasteiger partial charge in [0.25, 0.3) is 0 Å². The predicted molar refractivity (Wildman–Crippen MR) is 98.4 cm³/mol. The average molecular weight is 367 g/mol. The van der Waals surface area contributed by atoms with Gasteiger partial charge in [0.05, 0.1) is 0 Å². The zero-order chi connectivity index (χ0) is 19.1. The Labute approximate surface area is 154 Å². The van der Waals surface area contributed by atoms with Crippen molar-refractivity contribution < 1.29 is 15.3 Å². The maximum atomic E-state index is 10.1. The third kappa shape index (κ3) is 27.5. The van der Waals surface area contributed by atoms with Crippen LogP contribution < -0.4 is 15.3 Å². The van der Waals surface area contributed by atoms with Gasteiger partial charge in [0.2, 0.25) is 0 Å². The molecule has 0 heterocycles. The molecule has 5 heteroatoms. The molecule has 0 rings (SSSR count). The number of hydrogen-bond donors (Lipinski definition) is 0. The molecule has 0 aliphatic rings. The van der Waals surface area contributed by atoms with Gasteiger partial charge in [0.1, 0.15) is 0 Å². The van der Waals surface area contributed by atoms with E-state index in [2.05, 4.69) is 62.2 Å². The molecule has 0 amide bonds. The zero-order valence-corrected chi connectivity index (χ0v) is 18.0. The van der Waals surface area contributed by atoms with E-state index in [1.54, 1.807) is 0 Å². The summed E-state index contributed by atoms with van der Waals surface area (Å²) in [6, 6.07) is 0. The first-order valence-corrected chi connectivity index (χ1v) is 10.5. The van der Waals surface area contributed by atoms with Crippen LogP contribution >= 0.6 is 11.1 Å². The number of halogens is 1. The van der Waals surface area contributed by atoms with Gasteiger partial charge >= 0.3 is 20.6 Å². The fourth-order valence-electron chi connectivity index (χ4n) is 1.57. The Balaban J connectivity index is -0.000000111. The van der Waals surface area contributed by atoms with Crippen LogP contribution in [-0.2, 0) is 0 Å². The van der Waals surface area contributed by atoms with Crippen molar-refractivity contribution in [1.82, 2.24) is 0 Å². The van der Waals surface area contributed by atoms with Gasteiger partial charge in [-0.3, -0.25) is 0 Å². The molecule has 0 bridgehead atoms. The van der Waals surface area contributed by atoms with E-state index in [0.29, 0.717) is 17.8 Å². The molecule has 140 valence electrons. The Morgan fingerprint density at radius 1 is 0.522 bits per heavy atom. The molecule has 3 nitrogen and oxygen atoms in total. The fourth-order valence-corrected chi connectivity index (χ4v) is 1.57. The van der Waals surface area contributed by atoms with E-state index in [-0.39, 0.29) is 19.8 Å². The Morgan fingerprint density at radius 3 is 0.652 bits per heavy atom. The second-order valence-corrected chi connectivity index (χ2v) is 5.55. The summed E-state index contributed by atoms with van der Waals surface area (Å²) in [7, 11) is 2.44. The molecule has 0 fully saturated rings. The monoisotopic (exact) mass is 366 g/mol. The van der Waals surface area contributed by atoms with E-state index in [1.807, 2.05) is 0 Å². The number of rotatable bonds is 9. The van der Waals surface area contributed by atoms with Crippen molar-refractivity contribution in [1.29, 1.82) is 0 Å². The third-order valence-corrected chi connectivity index (χ3v) is 4.17. The van der Waals surface area contributed by atoms with Crippen molar-refractivity contribution in [3.8, 4) is 0 Å². The second-order valence-electron chi connectivity index (χ2n) is 5.55. The standard InChI is InChI=1S/3C6H13O.ClSi/c3*1-3-6(4-2)5-7;1-2/h3*6H,3-5H2,1-2H3;/q3*-1;+3. The van der Waals surface area contributed by atoms with Gasteiger partial charge in [-0.25, -0.2) is 0 Å². The molecule has 0 unspecified atom stereocenters. The molecule has 0 spiro atoms. The van der Waals surface area contributed by atoms with Gasteiger partial charge in [0, 0.05) is 0 Å². The third-order valence-electron chi connectivity index (χ3n) is 4.17. The van der Waals surface area contributed by atoms with Gasteiger partial charge in [-0.1, -0.05) is 97.8 Å². The molecule has 0 aromatic heterocycles. The van der Waals surface area contributed by atoms with Crippen molar-refractivity contribution in [2.24, 2.45) is 17.8 Å². The summed E-state index contributed by atoms with van der Waals surface area (Å²) in [5, 5.41) is 30.3. The molecular formula is C18H39ClO3Si. The van der Waals surface area contributed by atoms with E-state index >= 15 is 0 Å². The van der Waals surface area contributed by atoms with Crippen molar-refractivity contribution in [3.63, 3.8) is 0 Å². The fraction of sp³-hybridized carbons (Fsp3) is 1.00. The second kappa shape index (κ2) is 30.3. The summed E-state index contributed by atoms with van der Waals surface area (Å²) in [5.41, 5.74) is 0. The predicted octanol–water partition coefficient (Wildman–Crippen LogP) is 2.66.